The minimum absolute atomic E-state index is 0.690. The third-order valence-corrected chi connectivity index (χ3v) is 2.59. The van der Waals surface area contributed by atoms with Gasteiger partial charge in [0.25, 0.3) is 0 Å². The summed E-state index contributed by atoms with van der Waals surface area (Å²) in [6.07, 6.45) is 3.67. The van der Waals surface area contributed by atoms with E-state index in [9.17, 15) is 4.79 Å². The van der Waals surface area contributed by atoms with Crippen LogP contribution < -0.4 is 4.74 Å². The van der Waals surface area contributed by atoms with E-state index >= 15 is 0 Å². The van der Waals surface area contributed by atoms with Crippen molar-refractivity contribution in [1.82, 2.24) is 0 Å². The Morgan fingerprint density at radius 3 is 3.00 bits per heavy atom. The van der Waals surface area contributed by atoms with Crippen molar-refractivity contribution in [3.8, 4) is 5.75 Å². The second kappa shape index (κ2) is 7.27. The van der Waals surface area contributed by atoms with E-state index in [0.717, 1.165) is 28.2 Å². The number of carbonyl (C=O) groups is 1. The Kier molecular flexibility index (Phi) is 5.92. The lowest BCUT2D eigenvalue weighted by molar-refractivity contribution is -0.131. The van der Waals surface area contributed by atoms with Gasteiger partial charge in [0.1, 0.15) is 5.75 Å². The van der Waals surface area contributed by atoms with Crippen molar-refractivity contribution in [2.24, 2.45) is 0 Å². The minimum atomic E-state index is -0.948. The van der Waals surface area contributed by atoms with Crippen molar-refractivity contribution < 1.29 is 14.6 Å². The van der Waals surface area contributed by atoms with Crippen molar-refractivity contribution in [1.29, 1.82) is 0 Å². The second-order valence-corrected chi connectivity index (χ2v) is 4.21. The van der Waals surface area contributed by atoms with E-state index in [-0.39, 0.29) is 0 Å². The first-order chi connectivity index (χ1) is 7.72. The second-order valence-electron chi connectivity index (χ2n) is 3.14. The number of aliphatic carboxylic acids is 1. The molecule has 0 unspecified atom stereocenters. The standard InChI is InChI=1S/C12H13IO3/c13-7-2-8-16-11-4-1-3-10(9-11)5-6-12(14)15/h1,3-6,9H,2,7-8H2,(H,14,15). The van der Waals surface area contributed by atoms with Crippen LogP contribution in [0.2, 0.25) is 0 Å². The Morgan fingerprint density at radius 1 is 1.50 bits per heavy atom. The van der Waals surface area contributed by atoms with Gasteiger partial charge in [-0.2, -0.15) is 0 Å². The monoisotopic (exact) mass is 332 g/mol. The molecule has 86 valence electrons. The summed E-state index contributed by atoms with van der Waals surface area (Å²) in [5.41, 5.74) is 0.828. The van der Waals surface area contributed by atoms with E-state index in [2.05, 4.69) is 22.6 Å². The molecule has 0 atom stereocenters. The highest BCUT2D eigenvalue weighted by molar-refractivity contribution is 14.1. The quantitative estimate of drug-likeness (QED) is 0.377. The van der Waals surface area contributed by atoms with Crippen molar-refractivity contribution >= 4 is 34.6 Å². The van der Waals surface area contributed by atoms with Gasteiger partial charge in [-0.15, -0.1) is 0 Å². The smallest absolute Gasteiger partial charge is 0.328 e. The van der Waals surface area contributed by atoms with Crippen molar-refractivity contribution in [3.63, 3.8) is 0 Å². The van der Waals surface area contributed by atoms with Crippen molar-refractivity contribution in [3.05, 3.63) is 35.9 Å². The molecule has 1 rings (SSSR count). The van der Waals surface area contributed by atoms with Crippen LogP contribution in [0.3, 0.4) is 0 Å². The van der Waals surface area contributed by atoms with E-state index in [1.807, 2.05) is 24.3 Å². The normalized spacial score (nSPS) is 10.6. The number of hydrogen-bond acceptors (Lipinski definition) is 2. The zero-order chi connectivity index (χ0) is 11.8. The number of ether oxygens (including phenoxy) is 1. The molecule has 0 radical (unpaired) electrons. The predicted octanol–water partition coefficient (Wildman–Crippen LogP) is 2.99. The van der Waals surface area contributed by atoms with Crippen LogP contribution in [0.15, 0.2) is 30.3 Å². The zero-order valence-corrected chi connectivity index (χ0v) is 10.9. The molecule has 0 aromatic heterocycles. The largest absolute Gasteiger partial charge is 0.494 e. The number of halogens is 1. The topological polar surface area (TPSA) is 46.5 Å². The molecule has 1 aromatic carbocycles. The maximum absolute atomic E-state index is 10.3. The molecule has 1 aromatic rings. The molecule has 0 amide bonds. The van der Waals surface area contributed by atoms with Crippen LogP contribution >= 0.6 is 22.6 Å². The summed E-state index contributed by atoms with van der Waals surface area (Å²) in [6, 6.07) is 7.38. The third-order valence-electron chi connectivity index (χ3n) is 1.82. The summed E-state index contributed by atoms with van der Waals surface area (Å²) >= 11 is 2.30. The highest BCUT2D eigenvalue weighted by Crippen LogP contribution is 2.14. The molecule has 0 aliphatic carbocycles. The van der Waals surface area contributed by atoms with Gasteiger partial charge >= 0.3 is 5.97 Å². The van der Waals surface area contributed by atoms with Gasteiger partial charge in [0.2, 0.25) is 0 Å². The van der Waals surface area contributed by atoms with Gasteiger partial charge in [0.05, 0.1) is 6.61 Å². The first-order valence-corrected chi connectivity index (χ1v) is 6.45. The van der Waals surface area contributed by atoms with Crippen LogP contribution in [-0.2, 0) is 4.79 Å². The van der Waals surface area contributed by atoms with E-state index in [4.69, 9.17) is 9.84 Å². The average molecular weight is 332 g/mol. The lowest BCUT2D eigenvalue weighted by Gasteiger charge is -2.05. The number of carboxylic acids is 1. The van der Waals surface area contributed by atoms with Crippen LogP contribution in [0.1, 0.15) is 12.0 Å². The molecule has 0 saturated carbocycles. The van der Waals surface area contributed by atoms with Gasteiger partial charge in [-0.05, 0) is 30.2 Å². The number of carboxylic acid groups (broad SMARTS) is 1. The molecule has 0 bridgehead atoms. The Bertz CT molecular complexity index is 374. The van der Waals surface area contributed by atoms with E-state index in [1.165, 1.54) is 0 Å². The lowest BCUT2D eigenvalue weighted by atomic mass is 10.2. The predicted molar refractivity (Wildman–Crippen MR) is 72.1 cm³/mol. The van der Waals surface area contributed by atoms with E-state index < -0.39 is 5.97 Å². The first-order valence-electron chi connectivity index (χ1n) is 4.92. The summed E-state index contributed by atoms with van der Waals surface area (Å²) in [6.45, 7) is 0.690. The summed E-state index contributed by atoms with van der Waals surface area (Å²) in [7, 11) is 0. The molecular formula is C12H13IO3. The van der Waals surface area contributed by atoms with E-state index in [0.29, 0.717) is 6.61 Å². The highest BCUT2D eigenvalue weighted by atomic mass is 127. The first kappa shape index (κ1) is 13.0. The van der Waals surface area contributed by atoms with Gasteiger partial charge in [0.15, 0.2) is 0 Å². The van der Waals surface area contributed by atoms with Crippen molar-refractivity contribution in [2.45, 2.75) is 6.42 Å². The summed E-state index contributed by atoms with van der Waals surface area (Å²) in [5.74, 6) is -0.173. The SMILES string of the molecule is O=C(O)C=Cc1cccc(OCCCI)c1. The molecular weight excluding hydrogens is 319 g/mol. The lowest BCUT2D eigenvalue weighted by Crippen LogP contribution is -1.97. The van der Waals surface area contributed by atoms with Crippen LogP contribution in [0.4, 0.5) is 0 Å². The Labute approximate surface area is 108 Å². The van der Waals surface area contributed by atoms with E-state index in [1.54, 1.807) is 6.08 Å². The number of alkyl halides is 1. The van der Waals surface area contributed by atoms with Gasteiger partial charge in [0, 0.05) is 10.5 Å². The fourth-order valence-electron chi connectivity index (χ4n) is 1.12. The van der Waals surface area contributed by atoms with Crippen molar-refractivity contribution in [2.75, 3.05) is 11.0 Å². The summed E-state index contributed by atoms with van der Waals surface area (Å²) in [5, 5.41) is 8.50. The molecule has 16 heavy (non-hydrogen) atoms. The zero-order valence-electron chi connectivity index (χ0n) is 8.73. The third kappa shape index (κ3) is 5.16. The molecule has 0 saturated heterocycles. The number of rotatable bonds is 6. The van der Waals surface area contributed by atoms with Gasteiger partial charge in [-0.1, -0.05) is 34.7 Å². The average Bonchev–Trinajstić information content (AvgIpc) is 2.27. The maximum Gasteiger partial charge on any atom is 0.328 e. The fourth-order valence-corrected chi connectivity index (χ4v) is 1.43. The van der Waals surface area contributed by atoms with Crippen LogP contribution in [0.25, 0.3) is 6.08 Å². The molecule has 0 heterocycles. The number of hydrogen-bond donors (Lipinski definition) is 1. The highest BCUT2D eigenvalue weighted by Gasteiger charge is 1.95. The maximum atomic E-state index is 10.3. The van der Waals surface area contributed by atoms with Crippen LogP contribution in [0, 0.1) is 0 Å². The molecule has 0 fully saturated rings. The van der Waals surface area contributed by atoms with Gasteiger partial charge in [-0.3, -0.25) is 0 Å². The van der Waals surface area contributed by atoms with Gasteiger partial charge in [-0.25, -0.2) is 4.79 Å². The van der Waals surface area contributed by atoms with Crippen LogP contribution in [0.5, 0.6) is 5.75 Å². The minimum Gasteiger partial charge on any atom is -0.494 e. The fraction of sp³-hybridized carbons (Fsp3) is 0.250. The molecule has 0 aliphatic rings. The Hall–Kier alpha value is -1.04. The molecule has 3 nitrogen and oxygen atoms in total. The summed E-state index contributed by atoms with van der Waals surface area (Å²) in [4.78, 5) is 10.3. The van der Waals surface area contributed by atoms with Crippen LogP contribution in [-0.4, -0.2) is 22.1 Å². The molecule has 4 heteroatoms. The number of benzene rings is 1. The molecule has 1 N–H and O–H groups in total. The molecule has 0 aliphatic heterocycles. The van der Waals surface area contributed by atoms with Gasteiger partial charge < -0.3 is 9.84 Å². The Morgan fingerprint density at radius 2 is 2.31 bits per heavy atom. The summed E-state index contributed by atoms with van der Waals surface area (Å²) < 4.78 is 6.57. The molecule has 0 spiro atoms. The Balaban J connectivity index is 2.60.